The van der Waals surface area contributed by atoms with Crippen molar-refractivity contribution in [3.05, 3.63) is 35.7 Å². The summed E-state index contributed by atoms with van der Waals surface area (Å²) in [6, 6.07) is 1.79. The van der Waals surface area contributed by atoms with Crippen molar-refractivity contribution in [2.45, 2.75) is 32.8 Å². The van der Waals surface area contributed by atoms with E-state index in [4.69, 9.17) is 4.74 Å². The second-order valence-corrected chi connectivity index (χ2v) is 7.54. The summed E-state index contributed by atoms with van der Waals surface area (Å²) in [6.45, 7) is 6.80. The van der Waals surface area contributed by atoms with E-state index in [9.17, 15) is 4.79 Å². The third-order valence-electron chi connectivity index (χ3n) is 3.43. The molecule has 3 heterocycles. The fourth-order valence-electron chi connectivity index (χ4n) is 2.31. The quantitative estimate of drug-likeness (QED) is 0.832. The Morgan fingerprint density at radius 3 is 2.62 bits per heavy atom. The molecule has 3 rings (SSSR count). The number of rotatable bonds is 2. The van der Waals surface area contributed by atoms with Crippen LogP contribution in [0.3, 0.4) is 0 Å². The summed E-state index contributed by atoms with van der Waals surface area (Å²) < 4.78 is 5.41. The zero-order valence-corrected chi connectivity index (χ0v) is 14.8. The Hall–Kier alpha value is -2.28. The molecule has 126 valence electrons. The van der Waals surface area contributed by atoms with E-state index in [1.807, 2.05) is 26.8 Å². The highest BCUT2D eigenvalue weighted by Gasteiger charge is 2.24. The summed E-state index contributed by atoms with van der Waals surface area (Å²) in [5.41, 5.74) is 0.683. The molecule has 0 aromatic carbocycles. The summed E-state index contributed by atoms with van der Waals surface area (Å²) in [5, 5.41) is 0.960. The molecule has 24 heavy (non-hydrogen) atoms. The molecule has 2 aromatic heterocycles. The zero-order valence-electron chi connectivity index (χ0n) is 14.0. The van der Waals surface area contributed by atoms with Crippen LogP contribution in [0.5, 0.6) is 0 Å². The Morgan fingerprint density at radius 1 is 1.25 bits per heavy atom. The van der Waals surface area contributed by atoms with Gasteiger partial charge in [0.05, 0.1) is 4.88 Å². The summed E-state index contributed by atoms with van der Waals surface area (Å²) in [6.07, 6.45) is 7.79. The smallest absolute Gasteiger partial charge is 0.410 e. The lowest BCUT2D eigenvalue weighted by atomic mass is 10.1. The van der Waals surface area contributed by atoms with E-state index in [1.54, 1.807) is 40.9 Å². The Morgan fingerprint density at radius 2 is 2.00 bits per heavy atom. The minimum Gasteiger partial charge on any atom is -0.444 e. The lowest BCUT2D eigenvalue weighted by molar-refractivity contribution is 0.0270. The number of thiazole rings is 1. The standard InChI is InChI=1S/C17H20N4O2S/c1-17(2,3)23-16(22)21-9-5-12(6-10-21)15-20-11-13(24-15)14-18-7-4-8-19-14/h4-5,7-8,11H,6,9-10H2,1-3H3. The van der Waals surface area contributed by atoms with Gasteiger partial charge in [-0.1, -0.05) is 6.08 Å². The van der Waals surface area contributed by atoms with Crippen molar-refractivity contribution in [3.63, 3.8) is 0 Å². The normalized spacial score (nSPS) is 15.1. The largest absolute Gasteiger partial charge is 0.444 e. The molecule has 2 aromatic rings. The average molecular weight is 344 g/mol. The minimum absolute atomic E-state index is 0.268. The van der Waals surface area contributed by atoms with Crippen LogP contribution in [0.1, 0.15) is 32.2 Å². The molecule has 0 radical (unpaired) electrons. The van der Waals surface area contributed by atoms with Crippen molar-refractivity contribution in [1.82, 2.24) is 19.9 Å². The van der Waals surface area contributed by atoms with E-state index in [0.29, 0.717) is 18.9 Å². The number of aromatic nitrogens is 3. The number of carbonyl (C=O) groups is 1. The molecule has 1 amide bonds. The second-order valence-electron chi connectivity index (χ2n) is 6.51. The van der Waals surface area contributed by atoms with Gasteiger partial charge < -0.3 is 9.64 Å². The van der Waals surface area contributed by atoms with Crippen molar-refractivity contribution in [3.8, 4) is 10.7 Å². The highest BCUT2D eigenvalue weighted by Crippen LogP contribution is 2.30. The molecule has 0 atom stereocenters. The van der Waals surface area contributed by atoms with Gasteiger partial charge in [0.1, 0.15) is 10.6 Å². The highest BCUT2D eigenvalue weighted by atomic mass is 32.1. The van der Waals surface area contributed by atoms with Crippen molar-refractivity contribution < 1.29 is 9.53 Å². The van der Waals surface area contributed by atoms with Gasteiger partial charge in [0.2, 0.25) is 0 Å². The number of hydrogen-bond acceptors (Lipinski definition) is 6. The topological polar surface area (TPSA) is 68.2 Å². The lowest BCUT2D eigenvalue weighted by Gasteiger charge is -2.29. The molecule has 0 saturated carbocycles. The Kier molecular flexibility index (Phi) is 4.62. The number of amides is 1. The molecule has 0 bridgehead atoms. The van der Waals surface area contributed by atoms with Crippen LogP contribution in [0, 0.1) is 0 Å². The van der Waals surface area contributed by atoms with Crippen molar-refractivity contribution in [1.29, 1.82) is 0 Å². The van der Waals surface area contributed by atoms with Crippen LogP contribution in [0.15, 0.2) is 30.7 Å². The fourth-order valence-corrected chi connectivity index (χ4v) is 3.24. The molecule has 1 aliphatic rings. The van der Waals surface area contributed by atoms with Gasteiger partial charge in [-0.3, -0.25) is 0 Å². The van der Waals surface area contributed by atoms with E-state index >= 15 is 0 Å². The van der Waals surface area contributed by atoms with E-state index in [1.165, 1.54) is 0 Å². The zero-order chi connectivity index (χ0) is 17.2. The molecule has 6 nitrogen and oxygen atoms in total. The first-order chi connectivity index (χ1) is 11.4. The van der Waals surface area contributed by atoms with Crippen LogP contribution in [0.4, 0.5) is 4.79 Å². The molecule has 0 aliphatic carbocycles. The van der Waals surface area contributed by atoms with Gasteiger partial charge in [-0.25, -0.2) is 19.7 Å². The highest BCUT2D eigenvalue weighted by molar-refractivity contribution is 7.16. The summed E-state index contributed by atoms with van der Waals surface area (Å²) in [4.78, 5) is 27.7. The second kappa shape index (κ2) is 6.68. The first-order valence-corrected chi connectivity index (χ1v) is 8.64. The van der Waals surface area contributed by atoms with Crippen LogP contribution in [-0.4, -0.2) is 44.6 Å². The van der Waals surface area contributed by atoms with Crippen LogP contribution < -0.4 is 0 Å². The number of hydrogen-bond donors (Lipinski definition) is 0. The number of carbonyl (C=O) groups excluding carboxylic acids is 1. The number of nitrogens with zero attached hydrogens (tertiary/aromatic N) is 4. The molecule has 0 N–H and O–H groups in total. The maximum absolute atomic E-state index is 12.1. The Labute approximate surface area is 145 Å². The Balaban J connectivity index is 1.68. The van der Waals surface area contributed by atoms with Crippen molar-refractivity contribution in [2.75, 3.05) is 13.1 Å². The van der Waals surface area contributed by atoms with E-state index in [2.05, 4.69) is 15.0 Å². The van der Waals surface area contributed by atoms with E-state index < -0.39 is 5.60 Å². The molecule has 0 saturated heterocycles. The van der Waals surface area contributed by atoms with Crippen molar-refractivity contribution in [2.24, 2.45) is 0 Å². The Bertz CT molecular complexity index is 749. The maximum Gasteiger partial charge on any atom is 0.410 e. The van der Waals surface area contributed by atoms with Gasteiger partial charge in [-0.2, -0.15) is 0 Å². The molecule has 0 spiro atoms. The lowest BCUT2D eigenvalue weighted by Crippen LogP contribution is -2.39. The third-order valence-corrected chi connectivity index (χ3v) is 4.50. The predicted octanol–water partition coefficient (Wildman–Crippen LogP) is 3.62. The summed E-state index contributed by atoms with van der Waals surface area (Å²) >= 11 is 1.57. The van der Waals surface area contributed by atoms with Gasteiger partial charge in [0.15, 0.2) is 5.82 Å². The molecule has 0 unspecified atom stereocenters. The minimum atomic E-state index is -0.471. The van der Waals surface area contributed by atoms with E-state index in [0.717, 1.165) is 21.9 Å². The van der Waals surface area contributed by atoms with Crippen LogP contribution in [0.2, 0.25) is 0 Å². The summed E-state index contributed by atoms with van der Waals surface area (Å²) in [7, 11) is 0. The van der Waals surface area contributed by atoms with Crippen LogP contribution in [0.25, 0.3) is 16.3 Å². The molecular formula is C17H20N4O2S. The van der Waals surface area contributed by atoms with E-state index in [-0.39, 0.29) is 6.09 Å². The van der Waals surface area contributed by atoms with Gasteiger partial charge in [0, 0.05) is 31.7 Å². The van der Waals surface area contributed by atoms with Crippen LogP contribution >= 0.6 is 11.3 Å². The van der Waals surface area contributed by atoms with Gasteiger partial charge in [-0.05, 0) is 38.8 Å². The first-order valence-electron chi connectivity index (χ1n) is 7.83. The molecule has 1 aliphatic heterocycles. The fraction of sp³-hybridized carbons (Fsp3) is 0.412. The maximum atomic E-state index is 12.1. The molecule has 7 heteroatoms. The molecular weight excluding hydrogens is 324 g/mol. The van der Waals surface area contributed by atoms with Crippen LogP contribution in [-0.2, 0) is 4.74 Å². The monoisotopic (exact) mass is 344 g/mol. The predicted molar refractivity (Wildman–Crippen MR) is 93.5 cm³/mol. The average Bonchev–Trinajstić information content (AvgIpc) is 3.04. The summed E-state index contributed by atoms with van der Waals surface area (Å²) in [5.74, 6) is 0.688. The number of ether oxygens (including phenoxy) is 1. The van der Waals surface area contributed by atoms with Crippen molar-refractivity contribution >= 4 is 23.0 Å². The SMILES string of the molecule is CC(C)(C)OC(=O)N1CC=C(c2ncc(-c3ncccn3)s2)CC1. The van der Waals surface area contributed by atoms with Gasteiger partial charge in [0.25, 0.3) is 0 Å². The first kappa shape index (κ1) is 16.6. The van der Waals surface area contributed by atoms with Gasteiger partial charge >= 0.3 is 6.09 Å². The molecule has 0 fully saturated rings. The third kappa shape index (κ3) is 3.97. The van der Waals surface area contributed by atoms with Gasteiger partial charge in [-0.15, -0.1) is 11.3 Å².